The summed E-state index contributed by atoms with van der Waals surface area (Å²) < 4.78 is 26.8. The summed E-state index contributed by atoms with van der Waals surface area (Å²) in [5, 5.41) is 2.31. The molecule has 1 aromatic carbocycles. The number of pyridine rings is 1. The van der Waals surface area contributed by atoms with Gasteiger partial charge in [0.15, 0.2) is 0 Å². The van der Waals surface area contributed by atoms with E-state index in [0.29, 0.717) is 5.69 Å². The Bertz CT molecular complexity index is 606. The summed E-state index contributed by atoms with van der Waals surface area (Å²) >= 11 is 5.72. The summed E-state index contributed by atoms with van der Waals surface area (Å²) in [6, 6.07) is 6.13. The molecule has 0 unspecified atom stereocenters. The van der Waals surface area contributed by atoms with Crippen molar-refractivity contribution in [3.63, 3.8) is 0 Å². The summed E-state index contributed by atoms with van der Waals surface area (Å²) in [6.07, 6.45) is 0. The Labute approximate surface area is 113 Å². The van der Waals surface area contributed by atoms with Gasteiger partial charge in [-0.15, -0.1) is 0 Å². The van der Waals surface area contributed by atoms with Crippen LogP contribution in [0.1, 0.15) is 16.1 Å². The molecule has 0 aliphatic carbocycles. The predicted molar refractivity (Wildman–Crippen MR) is 68.3 cm³/mol. The molecular weight excluding hydrogens is 274 g/mol. The number of halogens is 3. The number of aryl methyl sites for hydroxylation is 1. The van der Waals surface area contributed by atoms with Gasteiger partial charge in [0, 0.05) is 11.3 Å². The quantitative estimate of drug-likeness (QED) is 0.856. The molecule has 0 radical (unpaired) electrons. The van der Waals surface area contributed by atoms with E-state index in [-0.39, 0.29) is 10.7 Å². The number of carbonyl (C=O) groups excluding carboxylic acids is 1. The number of amides is 1. The van der Waals surface area contributed by atoms with E-state index in [2.05, 4.69) is 10.3 Å². The van der Waals surface area contributed by atoms with Crippen molar-refractivity contribution in [3.05, 3.63) is 58.4 Å². The maximum Gasteiger partial charge on any atom is 0.255 e. The molecule has 3 nitrogen and oxygen atoms in total. The monoisotopic (exact) mass is 282 g/mol. The molecule has 0 aliphatic rings. The molecule has 1 aromatic heterocycles. The second-order valence-electron chi connectivity index (χ2n) is 3.87. The Morgan fingerprint density at radius 1 is 1.26 bits per heavy atom. The number of benzene rings is 1. The first-order chi connectivity index (χ1) is 8.97. The number of rotatable bonds is 2. The third kappa shape index (κ3) is 3.06. The van der Waals surface area contributed by atoms with Crippen molar-refractivity contribution < 1.29 is 13.6 Å². The highest BCUT2D eigenvalue weighted by atomic mass is 35.5. The average Bonchev–Trinajstić information content (AvgIpc) is 2.32. The van der Waals surface area contributed by atoms with Crippen LogP contribution in [0, 0.1) is 18.6 Å². The van der Waals surface area contributed by atoms with Gasteiger partial charge in [-0.1, -0.05) is 17.7 Å². The molecule has 0 saturated carbocycles. The smallest absolute Gasteiger partial charge is 0.255 e. The van der Waals surface area contributed by atoms with E-state index in [0.717, 1.165) is 12.1 Å². The maximum absolute atomic E-state index is 13.4. The molecule has 0 spiro atoms. The van der Waals surface area contributed by atoms with Crippen LogP contribution in [-0.4, -0.2) is 10.9 Å². The van der Waals surface area contributed by atoms with Gasteiger partial charge >= 0.3 is 0 Å². The van der Waals surface area contributed by atoms with Gasteiger partial charge in [-0.2, -0.15) is 0 Å². The molecule has 98 valence electrons. The molecule has 0 saturated heterocycles. The van der Waals surface area contributed by atoms with Crippen LogP contribution >= 0.6 is 11.6 Å². The fraction of sp³-hybridized carbons (Fsp3) is 0.0769. The van der Waals surface area contributed by atoms with Crippen LogP contribution < -0.4 is 5.32 Å². The summed E-state index contributed by atoms with van der Waals surface area (Å²) in [7, 11) is 0. The van der Waals surface area contributed by atoms with Crippen LogP contribution in [0.25, 0.3) is 0 Å². The largest absolute Gasteiger partial charge is 0.317 e. The molecular formula is C13H9ClF2N2O. The highest BCUT2D eigenvalue weighted by Gasteiger charge is 2.14. The number of hydrogen-bond acceptors (Lipinski definition) is 2. The highest BCUT2D eigenvalue weighted by molar-refractivity contribution is 6.29. The van der Waals surface area contributed by atoms with Crippen molar-refractivity contribution in [1.82, 2.24) is 4.98 Å². The summed E-state index contributed by atoms with van der Waals surface area (Å²) in [5.74, 6) is -2.34. The Hall–Kier alpha value is -2.01. The topological polar surface area (TPSA) is 42.0 Å². The van der Waals surface area contributed by atoms with E-state index in [1.165, 1.54) is 18.2 Å². The van der Waals surface area contributed by atoms with Crippen molar-refractivity contribution in [1.29, 1.82) is 0 Å². The second kappa shape index (κ2) is 5.32. The zero-order chi connectivity index (χ0) is 14.0. The maximum atomic E-state index is 13.4. The van der Waals surface area contributed by atoms with Gasteiger partial charge in [0.05, 0.1) is 0 Å². The third-order valence-corrected chi connectivity index (χ3v) is 2.58. The fourth-order valence-corrected chi connectivity index (χ4v) is 1.81. The van der Waals surface area contributed by atoms with Gasteiger partial charge in [0.1, 0.15) is 22.5 Å². The first-order valence-electron chi connectivity index (χ1n) is 5.37. The van der Waals surface area contributed by atoms with Crippen LogP contribution in [-0.2, 0) is 0 Å². The highest BCUT2D eigenvalue weighted by Crippen LogP contribution is 2.19. The van der Waals surface area contributed by atoms with Crippen molar-refractivity contribution in [2.24, 2.45) is 0 Å². The van der Waals surface area contributed by atoms with E-state index in [4.69, 9.17) is 11.6 Å². The lowest BCUT2D eigenvalue weighted by Gasteiger charge is -2.08. The minimum atomic E-state index is -0.842. The predicted octanol–water partition coefficient (Wildman–Crippen LogP) is 3.57. The molecule has 1 amide bonds. The Morgan fingerprint density at radius 2 is 1.89 bits per heavy atom. The second-order valence-corrected chi connectivity index (χ2v) is 4.26. The van der Waals surface area contributed by atoms with Crippen LogP contribution in [0.3, 0.4) is 0 Å². The minimum Gasteiger partial charge on any atom is -0.317 e. The van der Waals surface area contributed by atoms with Crippen LogP contribution in [0.5, 0.6) is 0 Å². The number of anilines is 1. The number of hydrogen-bond donors (Lipinski definition) is 1. The van der Waals surface area contributed by atoms with Gasteiger partial charge in [-0.05, 0) is 31.2 Å². The number of aromatic nitrogens is 1. The first kappa shape index (κ1) is 13.4. The van der Waals surface area contributed by atoms with Crippen LogP contribution in [0.2, 0.25) is 5.15 Å². The van der Waals surface area contributed by atoms with E-state index < -0.39 is 23.2 Å². The lowest BCUT2D eigenvalue weighted by atomic mass is 10.2. The number of nitrogens with zero attached hydrogens (tertiary/aromatic N) is 1. The van der Waals surface area contributed by atoms with Gasteiger partial charge in [-0.25, -0.2) is 13.8 Å². The van der Waals surface area contributed by atoms with Crippen molar-refractivity contribution in [3.8, 4) is 0 Å². The average molecular weight is 283 g/mol. The Morgan fingerprint density at radius 3 is 2.47 bits per heavy atom. The lowest BCUT2D eigenvalue weighted by molar-refractivity contribution is 0.102. The molecule has 0 bridgehead atoms. The van der Waals surface area contributed by atoms with E-state index >= 15 is 0 Å². The SMILES string of the molecule is Cc1cc(C(=O)Nc2c(F)cccc2F)cc(Cl)n1. The molecule has 0 fully saturated rings. The Balaban J connectivity index is 2.31. The van der Waals surface area contributed by atoms with Gasteiger partial charge in [-0.3, -0.25) is 4.79 Å². The van der Waals surface area contributed by atoms with Gasteiger partial charge in [0.2, 0.25) is 0 Å². The van der Waals surface area contributed by atoms with E-state index in [1.807, 2.05) is 0 Å². The number of para-hydroxylation sites is 1. The zero-order valence-corrected chi connectivity index (χ0v) is 10.6. The summed E-state index contributed by atoms with van der Waals surface area (Å²) in [6.45, 7) is 1.66. The lowest BCUT2D eigenvalue weighted by Crippen LogP contribution is -2.14. The van der Waals surface area contributed by atoms with Crippen LogP contribution in [0.4, 0.5) is 14.5 Å². The minimum absolute atomic E-state index is 0.138. The van der Waals surface area contributed by atoms with Gasteiger partial charge < -0.3 is 5.32 Å². The number of nitrogens with one attached hydrogen (secondary N) is 1. The molecule has 6 heteroatoms. The number of carbonyl (C=O) groups is 1. The molecule has 1 heterocycles. The summed E-state index contributed by atoms with van der Waals surface area (Å²) in [4.78, 5) is 15.8. The normalized spacial score (nSPS) is 10.3. The molecule has 2 aromatic rings. The Kier molecular flexibility index (Phi) is 3.76. The molecule has 1 N–H and O–H groups in total. The zero-order valence-electron chi connectivity index (χ0n) is 9.88. The third-order valence-electron chi connectivity index (χ3n) is 2.39. The van der Waals surface area contributed by atoms with Crippen molar-refractivity contribution >= 4 is 23.2 Å². The molecule has 0 atom stereocenters. The molecule has 2 rings (SSSR count). The first-order valence-corrected chi connectivity index (χ1v) is 5.74. The summed E-state index contributed by atoms with van der Waals surface area (Å²) in [5.41, 5.74) is 0.227. The van der Waals surface area contributed by atoms with Crippen molar-refractivity contribution in [2.45, 2.75) is 6.92 Å². The molecule has 0 aliphatic heterocycles. The standard InChI is InChI=1S/C13H9ClF2N2O/c1-7-5-8(6-11(14)17-7)13(19)18-12-9(15)3-2-4-10(12)16/h2-6H,1H3,(H,18,19). The van der Waals surface area contributed by atoms with E-state index in [1.54, 1.807) is 6.92 Å². The van der Waals surface area contributed by atoms with Gasteiger partial charge in [0.25, 0.3) is 5.91 Å². The van der Waals surface area contributed by atoms with E-state index in [9.17, 15) is 13.6 Å². The molecule has 19 heavy (non-hydrogen) atoms. The van der Waals surface area contributed by atoms with Crippen molar-refractivity contribution in [2.75, 3.05) is 5.32 Å². The fourth-order valence-electron chi connectivity index (χ4n) is 1.56. The van der Waals surface area contributed by atoms with Crippen LogP contribution in [0.15, 0.2) is 30.3 Å².